The van der Waals surface area contributed by atoms with Crippen molar-refractivity contribution in [1.82, 2.24) is 14.0 Å². The zero-order valence-electron chi connectivity index (χ0n) is 17.1. The van der Waals surface area contributed by atoms with Gasteiger partial charge in [0.25, 0.3) is 5.56 Å². The molecule has 3 aromatic heterocycles. The summed E-state index contributed by atoms with van der Waals surface area (Å²) >= 11 is 6.00. The lowest BCUT2D eigenvalue weighted by Gasteiger charge is -2.36. The second-order valence-corrected chi connectivity index (χ2v) is 9.26. The van der Waals surface area contributed by atoms with Gasteiger partial charge in [-0.2, -0.15) is 13.2 Å². The zero-order valence-corrected chi connectivity index (χ0v) is 17.9. The minimum absolute atomic E-state index is 0.0896. The van der Waals surface area contributed by atoms with Gasteiger partial charge in [-0.15, -0.1) is 0 Å². The molecule has 3 heterocycles. The smallest absolute Gasteiger partial charge is 0.420 e. The SMILES string of the molecule is Cn1c2c(cc(C(=O)O)c1=O)C(C(C)(C)C)Cc1c-2nc2c(C(F)(F)F)cc(Cl)cn12. The van der Waals surface area contributed by atoms with E-state index in [1.54, 1.807) is 0 Å². The quantitative estimate of drug-likeness (QED) is 0.576. The van der Waals surface area contributed by atoms with E-state index in [4.69, 9.17) is 11.6 Å². The molecule has 31 heavy (non-hydrogen) atoms. The number of alkyl halides is 3. The van der Waals surface area contributed by atoms with E-state index in [0.717, 1.165) is 10.6 Å². The summed E-state index contributed by atoms with van der Waals surface area (Å²) in [7, 11) is 1.41. The number of aromatic carboxylic acids is 1. The fourth-order valence-electron chi connectivity index (χ4n) is 4.30. The molecule has 0 amide bonds. The minimum Gasteiger partial charge on any atom is -0.477 e. The Bertz CT molecular complexity index is 1320. The van der Waals surface area contributed by atoms with Gasteiger partial charge in [-0.25, -0.2) is 9.78 Å². The number of hydrogen-bond donors (Lipinski definition) is 1. The predicted octanol–water partition coefficient (Wildman–Crippen LogP) is 4.76. The van der Waals surface area contributed by atoms with Gasteiger partial charge >= 0.3 is 12.1 Å². The van der Waals surface area contributed by atoms with Crippen LogP contribution in [-0.2, 0) is 19.6 Å². The van der Waals surface area contributed by atoms with Crippen molar-refractivity contribution in [3.05, 3.63) is 56.1 Å². The predicted molar refractivity (Wildman–Crippen MR) is 109 cm³/mol. The summed E-state index contributed by atoms with van der Waals surface area (Å²) in [5, 5.41) is 9.38. The highest BCUT2D eigenvalue weighted by Crippen LogP contribution is 2.48. The van der Waals surface area contributed by atoms with Gasteiger partial charge in [0.1, 0.15) is 22.5 Å². The van der Waals surface area contributed by atoms with Crippen molar-refractivity contribution in [3.63, 3.8) is 0 Å². The van der Waals surface area contributed by atoms with Gasteiger partial charge in [0.05, 0.1) is 16.4 Å². The van der Waals surface area contributed by atoms with Gasteiger partial charge in [0, 0.05) is 13.2 Å². The second-order valence-electron chi connectivity index (χ2n) is 8.82. The number of imidazole rings is 1. The van der Waals surface area contributed by atoms with Crippen molar-refractivity contribution in [3.8, 4) is 11.4 Å². The first-order valence-corrected chi connectivity index (χ1v) is 9.85. The Balaban J connectivity index is 2.17. The fraction of sp³-hybridized carbons (Fsp3) is 0.381. The van der Waals surface area contributed by atoms with E-state index in [1.165, 1.54) is 23.7 Å². The van der Waals surface area contributed by atoms with Crippen LogP contribution in [0.4, 0.5) is 13.2 Å². The monoisotopic (exact) mass is 453 g/mol. The lowest BCUT2D eigenvalue weighted by molar-refractivity contribution is -0.136. The van der Waals surface area contributed by atoms with Crippen LogP contribution in [0.3, 0.4) is 0 Å². The average molecular weight is 454 g/mol. The van der Waals surface area contributed by atoms with E-state index in [0.29, 0.717) is 23.4 Å². The third kappa shape index (κ3) is 3.22. The summed E-state index contributed by atoms with van der Waals surface area (Å²) in [4.78, 5) is 28.6. The number of carboxylic acid groups (broad SMARTS) is 1. The van der Waals surface area contributed by atoms with Crippen LogP contribution in [0.1, 0.15) is 53.9 Å². The summed E-state index contributed by atoms with van der Waals surface area (Å²) in [5.41, 5.74) is -1.19. The van der Waals surface area contributed by atoms with Crippen LogP contribution in [0.2, 0.25) is 5.02 Å². The van der Waals surface area contributed by atoms with Crippen LogP contribution >= 0.6 is 11.6 Å². The number of nitrogens with zero attached hydrogens (tertiary/aromatic N) is 3. The Morgan fingerprint density at radius 3 is 2.45 bits per heavy atom. The molecule has 1 unspecified atom stereocenters. The Labute approximate surface area is 179 Å². The molecule has 0 aliphatic heterocycles. The van der Waals surface area contributed by atoms with Crippen LogP contribution < -0.4 is 5.56 Å². The molecule has 0 saturated heterocycles. The average Bonchev–Trinajstić information content (AvgIpc) is 2.99. The normalized spacial score (nSPS) is 16.3. The molecule has 3 aromatic rings. The maximum atomic E-state index is 13.7. The Morgan fingerprint density at radius 2 is 1.90 bits per heavy atom. The number of rotatable bonds is 1. The highest BCUT2D eigenvalue weighted by atomic mass is 35.5. The Morgan fingerprint density at radius 1 is 1.26 bits per heavy atom. The molecule has 164 valence electrons. The molecular formula is C21H19ClF3N3O3. The van der Waals surface area contributed by atoms with Crippen molar-refractivity contribution in [1.29, 1.82) is 0 Å². The van der Waals surface area contributed by atoms with Gasteiger partial charge in [0.15, 0.2) is 0 Å². The molecule has 1 aliphatic carbocycles. The summed E-state index contributed by atoms with van der Waals surface area (Å²) in [6.45, 7) is 5.86. The third-order valence-corrected chi connectivity index (χ3v) is 6.01. The highest BCUT2D eigenvalue weighted by molar-refractivity contribution is 6.30. The Hall–Kier alpha value is -2.81. The zero-order chi connectivity index (χ0) is 23.0. The summed E-state index contributed by atoms with van der Waals surface area (Å²) < 4.78 is 43.5. The molecule has 1 aliphatic rings. The molecule has 6 nitrogen and oxygen atoms in total. The first-order chi connectivity index (χ1) is 14.2. The molecular weight excluding hydrogens is 435 g/mol. The molecule has 4 rings (SSSR count). The number of carbonyl (C=O) groups is 1. The van der Waals surface area contributed by atoms with Crippen LogP contribution in [-0.4, -0.2) is 25.0 Å². The van der Waals surface area contributed by atoms with Crippen molar-refractivity contribution in [2.45, 2.75) is 39.3 Å². The number of halogens is 4. The number of carboxylic acids is 1. The van der Waals surface area contributed by atoms with Crippen molar-refractivity contribution in [2.24, 2.45) is 12.5 Å². The molecule has 0 saturated carbocycles. The third-order valence-electron chi connectivity index (χ3n) is 5.81. The van der Waals surface area contributed by atoms with E-state index >= 15 is 0 Å². The maximum Gasteiger partial charge on any atom is 0.420 e. The largest absolute Gasteiger partial charge is 0.477 e. The molecule has 10 heteroatoms. The van der Waals surface area contributed by atoms with Crippen molar-refractivity contribution in [2.75, 3.05) is 0 Å². The van der Waals surface area contributed by atoms with Gasteiger partial charge in [-0.1, -0.05) is 32.4 Å². The molecule has 0 bridgehead atoms. The number of aromatic nitrogens is 3. The lowest BCUT2D eigenvalue weighted by atomic mass is 9.70. The minimum atomic E-state index is -4.68. The molecule has 0 fully saturated rings. The topological polar surface area (TPSA) is 76.6 Å². The number of pyridine rings is 2. The van der Waals surface area contributed by atoms with E-state index in [1.807, 2.05) is 20.8 Å². The first kappa shape index (κ1) is 21.4. The summed E-state index contributed by atoms with van der Waals surface area (Å²) in [6, 6.07) is 2.16. The summed E-state index contributed by atoms with van der Waals surface area (Å²) in [5.74, 6) is -1.63. The van der Waals surface area contributed by atoms with Crippen LogP contribution in [0.15, 0.2) is 23.1 Å². The highest BCUT2D eigenvalue weighted by Gasteiger charge is 2.40. The van der Waals surface area contributed by atoms with Gasteiger partial charge < -0.3 is 14.1 Å². The molecule has 0 spiro atoms. The van der Waals surface area contributed by atoms with Gasteiger partial charge in [-0.05, 0) is 35.4 Å². The van der Waals surface area contributed by atoms with Crippen LogP contribution in [0.5, 0.6) is 0 Å². The van der Waals surface area contributed by atoms with Gasteiger partial charge in [-0.3, -0.25) is 4.79 Å². The van der Waals surface area contributed by atoms with E-state index in [2.05, 4.69) is 4.98 Å². The number of hydrogen-bond acceptors (Lipinski definition) is 3. The van der Waals surface area contributed by atoms with Crippen LogP contribution in [0, 0.1) is 5.41 Å². The van der Waals surface area contributed by atoms with Crippen molar-refractivity contribution >= 4 is 23.2 Å². The Kier molecular flexibility index (Phi) is 4.56. The lowest BCUT2D eigenvalue weighted by Crippen LogP contribution is -2.32. The fourth-order valence-corrected chi connectivity index (χ4v) is 4.51. The number of fused-ring (bicyclic) bond motifs is 5. The van der Waals surface area contributed by atoms with Gasteiger partial charge in [0.2, 0.25) is 0 Å². The molecule has 0 radical (unpaired) electrons. The maximum absolute atomic E-state index is 13.7. The first-order valence-electron chi connectivity index (χ1n) is 9.47. The summed E-state index contributed by atoms with van der Waals surface area (Å²) in [6.07, 6.45) is -2.99. The van der Waals surface area contributed by atoms with Crippen molar-refractivity contribution < 1.29 is 23.1 Å². The second kappa shape index (κ2) is 6.59. The standard InChI is InChI=1S/C21H19ClF3N3O3/c1-20(2,3)12-7-14-15(16-10(12)6-11(19(30)31)18(29)27(16)4)26-17-13(21(23,24)25)5-9(22)8-28(14)17/h5-6,8,12H,7H2,1-4H3,(H,30,31). The molecule has 1 N–H and O–H groups in total. The van der Waals surface area contributed by atoms with E-state index < -0.39 is 23.3 Å². The molecule has 1 atom stereocenters. The molecule has 0 aromatic carbocycles. The van der Waals surface area contributed by atoms with E-state index in [9.17, 15) is 27.9 Å². The van der Waals surface area contributed by atoms with E-state index in [-0.39, 0.29) is 33.3 Å². The van der Waals surface area contributed by atoms with Crippen LogP contribution in [0.25, 0.3) is 17.0 Å².